The lowest BCUT2D eigenvalue weighted by Gasteiger charge is -2.31. The molecule has 2 heterocycles. The number of tetrazole rings is 1. The van der Waals surface area contributed by atoms with Crippen LogP contribution in [0.1, 0.15) is 35.4 Å². The lowest BCUT2D eigenvalue weighted by molar-refractivity contribution is 0.0902. The third-order valence-electron chi connectivity index (χ3n) is 5.42. The summed E-state index contributed by atoms with van der Waals surface area (Å²) in [5.74, 6) is 1.36. The largest absolute Gasteiger partial charge is 0.346 e. The first kappa shape index (κ1) is 16.2. The Morgan fingerprint density at radius 1 is 1.20 bits per heavy atom. The minimum Gasteiger partial charge on any atom is -0.346 e. The van der Waals surface area contributed by atoms with Gasteiger partial charge in [-0.25, -0.2) is 0 Å². The summed E-state index contributed by atoms with van der Waals surface area (Å²) < 4.78 is 0. The van der Waals surface area contributed by atoms with Crippen molar-refractivity contribution in [3.63, 3.8) is 0 Å². The molecule has 7 heteroatoms. The van der Waals surface area contributed by atoms with Crippen molar-refractivity contribution < 1.29 is 4.79 Å². The number of rotatable bonds is 4. The maximum Gasteiger partial charge on any atom is 0.293 e. The van der Waals surface area contributed by atoms with Crippen LogP contribution >= 0.6 is 0 Å². The number of amides is 1. The van der Waals surface area contributed by atoms with E-state index in [1.54, 1.807) is 7.05 Å². The maximum atomic E-state index is 12.2. The molecular formula is C18H24N6O. The molecule has 0 bridgehead atoms. The van der Waals surface area contributed by atoms with Gasteiger partial charge in [0.1, 0.15) is 0 Å². The summed E-state index contributed by atoms with van der Waals surface area (Å²) in [6, 6.07) is 10.9. The second-order valence-corrected chi connectivity index (χ2v) is 7.29. The van der Waals surface area contributed by atoms with E-state index in [0.717, 1.165) is 31.8 Å². The van der Waals surface area contributed by atoms with Crippen LogP contribution in [0.2, 0.25) is 0 Å². The van der Waals surface area contributed by atoms with E-state index >= 15 is 0 Å². The highest BCUT2D eigenvalue weighted by Crippen LogP contribution is 2.36. The highest BCUT2D eigenvalue weighted by atomic mass is 16.2. The first-order valence-electron chi connectivity index (χ1n) is 8.98. The molecule has 1 aromatic heterocycles. The van der Waals surface area contributed by atoms with Crippen molar-refractivity contribution in [3.8, 4) is 0 Å². The van der Waals surface area contributed by atoms with Gasteiger partial charge in [0.05, 0.1) is 7.05 Å². The number of aromatic nitrogens is 4. The fourth-order valence-corrected chi connectivity index (χ4v) is 4.26. The Bertz CT molecular complexity index is 730. The zero-order valence-electron chi connectivity index (χ0n) is 14.5. The smallest absolute Gasteiger partial charge is 0.293 e. The van der Waals surface area contributed by atoms with E-state index in [2.05, 4.69) is 56.0 Å². The summed E-state index contributed by atoms with van der Waals surface area (Å²) in [6.07, 6.45) is 3.25. The van der Waals surface area contributed by atoms with Crippen molar-refractivity contribution in [2.24, 2.45) is 18.9 Å². The van der Waals surface area contributed by atoms with Gasteiger partial charge >= 0.3 is 0 Å². The van der Waals surface area contributed by atoms with Crippen LogP contribution in [0.5, 0.6) is 0 Å². The highest BCUT2D eigenvalue weighted by molar-refractivity contribution is 5.90. The molecular weight excluding hydrogens is 316 g/mol. The molecule has 4 rings (SSSR count). The van der Waals surface area contributed by atoms with Gasteiger partial charge in [-0.2, -0.15) is 4.80 Å². The number of fused-ring (bicyclic) bond motifs is 1. The second-order valence-electron chi connectivity index (χ2n) is 7.29. The highest BCUT2D eigenvalue weighted by Gasteiger charge is 2.38. The topological polar surface area (TPSA) is 75.9 Å². The van der Waals surface area contributed by atoms with Crippen molar-refractivity contribution >= 4 is 5.91 Å². The van der Waals surface area contributed by atoms with Gasteiger partial charge in [0.2, 0.25) is 0 Å². The van der Waals surface area contributed by atoms with Crippen molar-refractivity contribution in [1.82, 2.24) is 30.4 Å². The van der Waals surface area contributed by atoms with E-state index in [0.29, 0.717) is 5.92 Å². The van der Waals surface area contributed by atoms with Gasteiger partial charge in [0, 0.05) is 25.7 Å². The van der Waals surface area contributed by atoms with Crippen LogP contribution in [0.4, 0.5) is 0 Å². The number of aryl methyl sites for hydroxylation is 1. The molecule has 1 saturated heterocycles. The minimum absolute atomic E-state index is 0.154. The molecule has 7 nitrogen and oxygen atoms in total. The number of carbonyl (C=O) groups is 1. The van der Waals surface area contributed by atoms with Crippen LogP contribution in [-0.2, 0) is 13.6 Å². The van der Waals surface area contributed by atoms with Crippen LogP contribution < -0.4 is 5.32 Å². The van der Waals surface area contributed by atoms with Crippen LogP contribution in [0.3, 0.4) is 0 Å². The lowest BCUT2D eigenvalue weighted by Crippen LogP contribution is -2.41. The Morgan fingerprint density at radius 2 is 2.00 bits per heavy atom. The summed E-state index contributed by atoms with van der Waals surface area (Å²) in [7, 11) is 1.66. The molecule has 0 radical (unpaired) electrons. The van der Waals surface area contributed by atoms with E-state index < -0.39 is 0 Å². The SMILES string of the molecule is Cn1nnc(C(=O)NC2CC[C@@H]3CN(Cc4ccccc4)C[C@@H]3C2)n1. The molecule has 1 saturated carbocycles. The number of likely N-dealkylation sites (tertiary alicyclic amines) is 1. The molecule has 25 heavy (non-hydrogen) atoms. The van der Waals surface area contributed by atoms with Crippen molar-refractivity contribution in [1.29, 1.82) is 0 Å². The van der Waals surface area contributed by atoms with Gasteiger partial charge in [-0.1, -0.05) is 30.3 Å². The maximum absolute atomic E-state index is 12.2. The molecule has 2 fully saturated rings. The molecule has 0 spiro atoms. The molecule has 3 atom stereocenters. The van der Waals surface area contributed by atoms with Gasteiger partial charge < -0.3 is 5.32 Å². The number of hydrogen-bond donors (Lipinski definition) is 1. The molecule has 2 aliphatic rings. The minimum atomic E-state index is -0.212. The zero-order valence-corrected chi connectivity index (χ0v) is 14.5. The van der Waals surface area contributed by atoms with Crippen molar-refractivity contribution in [3.05, 3.63) is 41.7 Å². The number of carbonyl (C=O) groups excluding carboxylic acids is 1. The average molecular weight is 340 g/mol. The second kappa shape index (κ2) is 6.92. The van der Waals surface area contributed by atoms with E-state index in [-0.39, 0.29) is 17.8 Å². The third-order valence-corrected chi connectivity index (χ3v) is 5.42. The van der Waals surface area contributed by atoms with Crippen LogP contribution in [-0.4, -0.2) is 50.1 Å². The first-order valence-corrected chi connectivity index (χ1v) is 8.98. The van der Waals surface area contributed by atoms with E-state index in [4.69, 9.17) is 0 Å². The first-order chi connectivity index (χ1) is 12.2. The van der Waals surface area contributed by atoms with Gasteiger partial charge in [0.15, 0.2) is 0 Å². The molecule has 1 N–H and O–H groups in total. The van der Waals surface area contributed by atoms with Crippen molar-refractivity contribution in [2.75, 3.05) is 13.1 Å². The van der Waals surface area contributed by atoms with Crippen molar-refractivity contribution in [2.45, 2.75) is 31.8 Å². The Labute approximate surface area is 147 Å². The van der Waals surface area contributed by atoms with Gasteiger partial charge in [-0.15, -0.1) is 10.2 Å². The summed E-state index contributed by atoms with van der Waals surface area (Å²) in [5.41, 5.74) is 1.37. The predicted molar refractivity (Wildman–Crippen MR) is 92.6 cm³/mol. The van der Waals surface area contributed by atoms with Crippen LogP contribution in [0, 0.1) is 11.8 Å². The summed E-state index contributed by atoms with van der Waals surface area (Å²) in [5, 5.41) is 14.6. The lowest BCUT2D eigenvalue weighted by atomic mass is 9.79. The molecule has 1 aromatic carbocycles. The Hall–Kier alpha value is -2.28. The Kier molecular flexibility index (Phi) is 4.48. The fourth-order valence-electron chi connectivity index (χ4n) is 4.26. The van der Waals surface area contributed by atoms with Gasteiger partial charge in [0.25, 0.3) is 11.7 Å². The predicted octanol–water partition coefficient (Wildman–Crippen LogP) is 1.24. The van der Waals surface area contributed by atoms with E-state index in [9.17, 15) is 4.79 Å². The van der Waals surface area contributed by atoms with Crippen LogP contribution in [0.15, 0.2) is 30.3 Å². The number of nitrogens with zero attached hydrogens (tertiary/aromatic N) is 5. The standard InChI is InChI=1S/C18H24N6O/c1-23-21-17(20-22-23)18(25)19-16-8-7-14-11-24(12-15(14)9-16)10-13-5-3-2-4-6-13/h2-6,14-16H,7-12H2,1H3,(H,19,25)/t14-,15+,16?/m1/s1. The van der Waals surface area contributed by atoms with Crippen LogP contribution in [0.25, 0.3) is 0 Å². The fraction of sp³-hybridized carbons (Fsp3) is 0.556. The Balaban J connectivity index is 1.31. The third kappa shape index (κ3) is 3.71. The number of hydrogen-bond acceptors (Lipinski definition) is 5. The normalized spacial score (nSPS) is 26.4. The number of benzene rings is 1. The summed E-state index contributed by atoms with van der Waals surface area (Å²) >= 11 is 0. The average Bonchev–Trinajstić information content (AvgIpc) is 3.21. The van der Waals surface area contributed by atoms with Gasteiger partial charge in [-0.3, -0.25) is 9.69 Å². The summed E-state index contributed by atoms with van der Waals surface area (Å²) in [4.78, 5) is 16.1. The van der Waals surface area contributed by atoms with E-state index in [1.165, 1.54) is 23.3 Å². The molecule has 1 aliphatic heterocycles. The number of nitrogens with one attached hydrogen (secondary N) is 1. The summed E-state index contributed by atoms with van der Waals surface area (Å²) in [6.45, 7) is 3.32. The van der Waals surface area contributed by atoms with Gasteiger partial charge in [-0.05, 0) is 41.9 Å². The Morgan fingerprint density at radius 3 is 2.76 bits per heavy atom. The molecule has 1 aliphatic carbocycles. The van der Waals surface area contributed by atoms with E-state index in [1.807, 2.05) is 0 Å². The molecule has 132 valence electrons. The molecule has 1 unspecified atom stereocenters. The molecule has 2 aromatic rings. The zero-order chi connectivity index (χ0) is 17.2. The monoisotopic (exact) mass is 340 g/mol. The molecule has 1 amide bonds. The quantitative estimate of drug-likeness (QED) is 0.906.